The van der Waals surface area contributed by atoms with E-state index >= 15 is 0 Å². The lowest BCUT2D eigenvalue weighted by molar-refractivity contribution is -0.143. The number of rotatable bonds is 44. The molecule has 0 N–H and O–H groups in total. The average Bonchev–Trinajstić information content (AvgIpc) is 3.14. The lowest BCUT2D eigenvalue weighted by Gasteiger charge is -2.05. The van der Waals surface area contributed by atoms with Gasteiger partial charge in [-0.2, -0.15) is 0 Å². The number of carbonyl (C=O) groups excluding carboxylic acids is 1. The van der Waals surface area contributed by atoms with Crippen LogP contribution in [0.15, 0.2) is 24.3 Å². The van der Waals surface area contributed by atoms with Crippen LogP contribution in [0.25, 0.3) is 0 Å². The van der Waals surface area contributed by atoms with Crippen molar-refractivity contribution in [1.29, 1.82) is 0 Å². The summed E-state index contributed by atoms with van der Waals surface area (Å²) in [6, 6.07) is 0. The van der Waals surface area contributed by atoms with E-state index in [4.69, 9.17) is 4.74 Å². The van der Waals surface area contributed by atoms with Gasteiger partial charge in [-0.1, -0.05) is 250 Å². The molecule has 0 aliphatic carbocycles. The molecule has 0 atom stereocenters. The van der Waals surface area contributed by atoms with E-state index in [2.05, 4.69) is 38.2 Å². The Kier molecular flexibility index (Phi) is 46.0. The summed E-state index contributed by atoms with van der Waals surface area (Å²) in [5.41, 5.74) is 0. The second-order valence-electron chi connectivity index (χ2n) is 16.0. The summed E-state index contributed by atoms with van der Waals surface area (Å²) in [6.45, 7) is 6.83. The number of esters is 1. The maximum absolute atomic E-state index is 12.0. The fourth-order valence-corrected chi connectivity index (χ4v) is 7.21. The van der Waals surface area contributed by atoms with Gasteiger partial charge in [-0.15, -0.1) is 0 Å². The van der Waals surface area contributed by atoms with Crippen LogP contribution in [-0.2, 0) is 9.53 Å². The van der Waals surface area contributed by atoms with Crippen LogP contribution in [0.3, 0.4) is 0 Å². The highest BCUT2D eigenvalue weighted by atomic mass is 16.5. The quantitative estimate of drug-likeness (QED) is 0.0357. The highest BCUT2D eigenvalue weighted by Crippen LogP contribution is 2.16. The van der Waals surface area contributed by atoms with E-state index in [0.717, 1.165) is 38.5 Å². The lowest BCUT2D eigenvalue weighted by atomic mass is 10.0. The largest absolute Gasteiger partial charge is 0.466 e. The van der Waals surface area contributed by atoms with Gasteiger partial charge in [0.05, 0.1) is 6.61 Å². The molecule has 1 radical (unpaired) electrons. The third-order valence-electron chi connectivity index (χ3n) is 10.7. The van der Waals surface area contributed by atoms with E-state index in [9.17, 15) is 4.79 Å². The molecule has 0 rings (SSSR count). The lowest BCUT2D eigenvalue weighted by Crippen LogP contribution is -2.05. The fraction of sp³-hybridized carbons (Fsp3) is 0.878. The molecule has 0 bridgehead atoms. The second-order valence-corrected chi connectivity index (χ2v) is 16.0. The van der Waals surface area contributed by atoms with Crippen molar-refractivity contribution in [3.63, 3.8) is 0 Å². The summed E-state index contributed by atoms with van der Waals surface area (Å²) in [5, 5.41) is 0. The number of ether oxygens (including phenoxy) is 1. The number of unbranched alkanes of at least 4 members (excludes halogenated alkanes) is 36. The van der Waals surface area contributed by atoms with E-state index in [1.54, 1.807) is 0 Å². The number of carbonyl (C=O) groups is 1. The van der Waals surface area contributed by atoms with Crippen LogP contribution < -0.4 is 0 Å². The summed E-state index contributed by atoms with van der Waals surface area (Å²) < 4.78 is 5.47. The first kappa shape index (κ1) is 49.9. The minimum atomic E-state index is 0.0105. The van der Waals surface area contributed by atoms with E-state index < -0.39 is 0 Å². The first-order valence-electron chi connectivity index (χ1n) is 23.6. The summed E-state index contributed by atoms with van der Waals surface area (Å²) in [4.78, 5) is 12.0. The highest BCUT2D eigenvalue weighted by molar-refractivity contribution is 5.69. The van der Waals surface area contributed by atoms with Crippen LogP contribution in [-0.4, -0.2) is 12.6 Å². The van der Waals surface area contributed by atoms with Gasteiger partial charge in [0, 0.05) is 6.42 Å². The third kappa shape index (κ3) is 46.9. The van der Waals surface area contributed by atoms with Crippen LogP contribution >= 0.6 is 0 Å². The van der Waals surface area contributed by atoms with Crippen molar-refractivity contribution in [3.8, 4) is 0 Å². The maximum Gasteiger partial charge on any atom is 0.305 e. The Morgan fingerprint density at radius 2 is 0.706 bits per heavy atom. The van der Waals surface area contributed by atoms with Gasteiger partial charge < -0.3 is 4.74 Å². The summed E-state index contributed by atoms with van der Waals surface area (Å²) in [5.74, 6) is 0.0105. The third-order valence-corrected chi connectivity index (χ3v) is 10.7. The van der Waals surface area contributed by atoms with Crippen LogP contribution in [0.1, 0.15) is 270 Å². The molecule has 0 aromatic heterocycles. The number of allylic oxidation sites excluding steroid dienone is 4. The van der Waals surface area contributed by atoms with Gasteiger partial charge in [0.2, 0.25) is 0 Å². The van der Waals surface area contributed by atoms with Gasteiger partial charge in [0.1, 0.15) is 0 Å². The van der Waals surface area contributed by atoms with Crippen molar-refractivity contribution in [1.82, 2.24) is 0 Å². The molecule has 0 saturated carbocycles. The molecule has 0 amide bonds. The fourth-order valence-electron chi connectivity index (χ4n) is 7.21. The second kappa shape index (κ2) is 47.0. The molecule has 2 heteroatoms. The maximum atomic E-state index is 12.0. The van der Waals surface area contributed by atoms with Crippen molar-refractivity contribution < 1.29 is 9.53 Å². The number of hydrogen-bond acceptors (Lipinski definition) is 2. The standard InChI is InChI=1S/C49H93O2/c1-3-5-7-9-11-13-15-17-19-21-22-23-24-25-26-27-28-29-30-32-34-36-38-40-42-44-46-48-51-49(50)47-45-43-41-39-37-35-33-31-20-18-16-14-12-10-8-6-4-2/h18,20,33,35H,1,3-17,19,21-32,34,36-48H2,2H3/b20-18+,35-33+. The van der Waals surface area contributed by atoms with Gasteiger partial charge in [-0.05, 0) is 44.9 Å². The van der Waals surface area contributed by atoms with Crippen molar-refractivity contribution in [2.45, 2.75) is 270 Å². The van der Waals surface area contributed by atoms with Gasteiger partial charge in [-0.25, -0.2) is 0 Å². The molecule has 0 aliphatic rings. The van der Waals surface area contributed by atoms with Crippen molar-refractivity contribution in [3.05, 3.63) is 31.2 Å². The molecular weight excluding hydrogens is 621 g/mol. The zero-order valence-corrected chi connectivity index (χ0v) is 35.0. The predicted octanol–water partition coefficient (Wildman–Crippen LogP) is 17.5. The van der Waals surface area contributed by atoms with Crippen molar-refractivity contribution in [2.24, 2.45) is 0 Å². The Hall–Kier alpha value is -1.05. The molecular formula is C49H93O2. The Balaban J connectivity index is 3.19. The zero-order chi connectivity index (χ0) is 36.8. The molecule has 2 nitrogen and oxygen atoms in total. The molecule has 301 valence electrons. The van der Waals surface area contributed by atoms with E-state index in [1.165, 1.54) is 218 Å². The Labute approximate surface area is 322 Å². The molecule has 0 aromatic carbocycles. The van der Waals surface area contributed by atoms with Gasteiger partial charge >= 0.3 is 5.97 Å². The predicted molar refractivity (Wildman–Crippen MR) is 230 cm³/mol. The first-order valence-corrected chi connectivity index (χ1v) is 23.6. The normalized spacial score (nSPS) is 11.8. The monoisotopic (exact) mass is 714 g/mol. The molecule has 0 unspecified atom stereocenters. The van der Waals surface area contributed by atoms with Crippen LogP contribution in [0, 0.1) is 6.92 Å². The molecule has 0 fully saturated rings. The SMILES string of the molecule is [CH2]CCCCCCCCCCCCCCCCCCCCCCCCCCCCOC(=O)CCCCCC/C=C/C/C=C/CCCCCCCC. The first-order chi connectivity index (χ1) is 25.3. The van der Waals surface area contributed by atoms with Crippen LogP contribution in [0.5, 0.6) is 0 Å². The topological polar surface area (TPSA) is 26.3 Å². The summed E-state index contributed by atoms with van der Waals surface area (Å²) in [7, 11) is 0. The van der Waals surface area contributed by atoms with Gasteiger partial charge in [-0.3, -0.25) is 4.79 Å². The smallest absolute Gasteiger partial charge is 0.305 e. The van der Waals surface area contributed by atoms with Gasteiger partial charge in [0.25, 0.3) is 0 Å². The Morgan fingerprint density at radius 1 is 0.392 bits per heavy atom. The Morgan fingerprint density at radius 3 is 1.08 bits per heavy atom. The van der Waals surface area contributed by atoms with Crippen molar-refractivity contribution in [2.75, 3.05) is 6.61 Å². The highest BCUT2D eigenvalue weighted by Gasteiger charge is 2.03. The minimum absolute atomic E-state index is 0.0105. The summed E-state index contributed by atoms with van der Waals surface area (Å²) >= 11 is 0. The van der Waals surface area contributed by atoms with Gasteiger partial charge in [0.15, 0.2) is 0 Å². The minimum Gasteiger partial charge on any atom is -0.466 e. The van der Waals surface area contributed by atoms with Crippen molar-refractivity contribution >= 4 is 5.97 Å². The molecule has 0 aromatic rings. The Bertz CT molecular complexity index is 694. The molecule has 0 aliphatic heterocycles. The molecule has 0 heterocycles. The molecule has 51 heavy (non-hydrogen) atoms. The van der Waals surface area contributed by atoms with E-state index in [1.807, 2.05) is 0 Å². The van der Waals surface area contributed by atoms with E-state index in [0.29, 0.717) is 13.0 Å². The van der Waals surface area contributed by atoms with E-state index in [-0.39, 0.29) is 5.97 Å². The zero-order valence-electron chi connectivity index (χ0n) is 35.0. The molecule has 0 saturated heterocycles. The average molecular weight is 714 g/mol. The summed E-state index contributed by atoms with van der Waals surface area (Å²) in [6.07, 6.45) is 63.8. The van der Waals surface area contributed by atoms with Crippen LogP contribution in [0.2, 0.25) is 0 Å². The molecule has 0 spiro atoms. The van der Waals surface area contributed by atoms with Crippen LogP contribution in [0.4, 0.5) is 0 Å². The number of hydrogen-bond donors (Lipinski definition) is 0.